The number of anilines is 2. The molecule has 0 aromatic heterocycles. The molecule has 2 N–H and O–H groups in total. The van der Waals surface area contributed by atoms with Gasteiger partial charge in [0, 0.05) is 6.07 Å². The van der Waals surface area contributed by atoms with Gasteiger partial charge in [-0.05, 0) is 37.1 Å². The molecule has 0 fully saturated rings. The summed E-state index contributed by atoms with van der Waals surface area (Å²) in [7, 11) is -7.18. The highest BCUT2D eigenvalue weighted by Crippen LogP contribution is 2.28. The Morgan fingerprint density at radius 2 is 1.60 bits per heavy atom. The van der Waals surface area contributed by atoms with Crippen molar-refractivity contribution < 1.29 is 35.1 Å². The largest absolute Gasteiger partial charge is 0.465 e. The molecule has 0 amide bonds. The molecule has 30 heavy (non-hydrogen) atoms. The summed E-state index contributed by atoms with van der Waals surface area (Å²) in [4.78, 5) is 11.3. The fraction of sp³-hybridized carbons (Fsp3) is 0.278. The number of hydrogen-bond donors (Lipinski definition) is 2. The molecule has 0 spiro atoms. The Labute approximate surface area is 173 Å². The Morgan fingerprint density at radius 1 is 1.00 bits per heavy atom. The molecule has 0 unspecified atom stereocenters. The number of methoxy groups -OCH3 is 1. The van der Waals surface area contributed by atoms with Gasteiger partial charge in [-0.15, -0.1) is 0 Å². The van der Waals surface area contributed by atoms with Crippen molar-refractivity contribution in [3.8, 4) is 0 Å². The lowest BCUT2D eigenvalue weighted by atomic mass is 10.1. The summed E-state index contributed by atoms with van der Waals surface area (Å²) < 4.78 is 85.9. The van der Waals surface area contributed by atoms with Gasteiger partial charge < -0.3 is 4.74 Å². The zero-order valence-electron chi connectivity index (χ0n) is 16.3. The highest BCUT2D eigenvalue weighted by molar-refractivity contribution is 7.93. The molecule has 0 saturated carbocycles. The molecule has 0 aliphatic carbocycles. The van der Waals surface area contributed by atoms with E-state index in [0.29, 0.717) is 12.1 Å². The van der Waals surface area contributed by atoms with Gasteiger partial charge in [-0.2, -0.15) is 0 Å². The van der Waals surface area contributed by atoms with E-state index in [-0.39, 0.29) is 28.2 Å². The van der Waals surface area contributed by atoms with Gasteiger partial charge >= 0.3 is 5.97 Å². The molecule has 164 valence electrons. The van der Waals surface area contributed by atoms with E-state index in [9.17, 15) is 30.4 Å². The number of ether oxygens (including phenoxy) is 1. The van der Waals surface area contributed by atoms with Crippen LogP contribution in [-0.4, -0.2) is 35.7 Å². The van der Waals surface area contributed by atoms with Crippen LogP contribution in [0, 0.1) is 18.6 Å². The van der Waals surface area contributed by atoms with Crippen LogP contribution in [0.15, 0.2) is 35.2 Å². The predicted molar refractivity (Wildman–Crippen MR) is 107 cm³/mol. The number of aryl methyl sites for hydroxylation is 1. The van der Waals surface area contributed by atoms with E-state index in [0.717, 1.165) is 13.2 Å². The molecule has 0 aliphatic heterocycles. The van der Waals surface area contributed by atoms with Crippen LogP contribution in [0.25, 0.3) is 0 Å². The molecule has 0 aliphatic rings. The Hall–Kier alpha value is -2.73. The second-order valence-corrected chi connectivity index (χ2v) is 9.80. The first kappa shape index (κ1) is 23.5. The number of carbonyl (C=O) groups is 1. The van der Waals surface area contributed by atoms with Crippen molar-refractivity contribution in [1.29, 1.82) is 0 Å². The zero-order valence-corrected chi connectivity index (χ0v) is 18.0. The third-order valence-corrected chi connectivity index (χ3v) is 6.92. The van der Waals surface area contributed by atoms with Gasteiger partial charge in [-0.25, -0.2) is 30.4 Å². The standard InChI is InChI=1S/C18H20F2N2O6S2/c1-4-7-29(24,25)21-15-10-16(14(20)9-13(15)19)22-30(26,27)17-8-12(18(23)28-3)6-5-11(17)2/h5-6,8-10,21-22H,4,7H2,1-3H3. The topological polar surface area (TPSA) is 119 Å². The quantitative estimate of drug-likeness (QED) is 0.582. The van der Waals surface area contributed by atoms with Crippen LogP contribution in [0.1, 0.15) is 29.3 Å². The number of esters is 1. The minimum atomic E-state index is -4.41. The molecule has 12 heteroatoms. The fourth-order valence-electron chi connectivity index (χ4n) is 2.53. The van der Waals surface area contributed by atoms with Gasteiger partial charge in [0.05, 0.1) is 34.7 Å². The second kappa shape index (κ2) is 8.96. The van der Waals surface area contributed by atoms with Crippen molar-refractivity contribution in [2.24, 2.45) is 0 Å². The van der Waals surface area contributed by atoms with Crippen LogP contribution in [0.4, 0.5) is 20.2 Å². The van der Waals surface area contributed by atoms with E-state index >= 15 is 0 Å². The number of nitrogens with one attached hydrogen (secondary N) is 2. The molecule has 0 heterocycles. The van der Waals surface area contributed by atoms with Gasteiger partial charge in [0.25, 0.3) is 10.0 Å². The van der Waals surface area contributed by atoms with Gasteiger partial charge in [0.1, 0.15) is 11.6 Å². The Bertz CT molecular complexity index is 1180. The highest BCUT2D eigenvalue weighted by atomic mass is 32.2. The maximum Gasteiger partial charge on any atom is 0.337 e. The van der Waals surface area contributed by atoms with E-state index in [2.05, 4.69) is 4.74 Å². The Balaban J connectivity index is 2.46. The number of halogens is 2. The summed E-state index contributed by atoms with van der Waals surface area (Å²) >= 11 is 0. The molecule has 2 aromatic rings. The molecular weight excluding hydrogens is 442 g/mol. The van der Waals surface area contributed by atoms with Crippen LogP contribution < -0.4 is 9.44 Å². The van der Waals surface area contributed by atoms with Gasteiger partial charge in [-0.1, -0.05) is 13.0 Å². The summed E-state index contributed by atoms with van der Waals surface area (Å²) in [6.07, 6.45) is 0.257. The molecule has 0 radical (unpaired) electrons. The smallest absolute Gasteiger partial charge is 0.337 e. The van der Waals surface area contributed by atoms with Gasteiger partial charge in [-0.3, -0.25) is 9.44 Å². The average molecular weight is 462 g/mol. The average Bonchev–Trinajstić information content (AvgIpc) is 2.64. The maximum atomic E-state index is 14.2. The van der Waals surface area contributed by atoms with Crippen molar-refractivity contribution in [3.05, 3.63) is 53.1 Å². The SMILES string of the molecule is CCCS(=O)(=O)Nc1cc(NS(=O)(=O)c2cc(C(=O)OC)ccc2C)c(F)cc1F. The van der Waals surface area contributed by atoms with Crippen molar-refractivity contribution in [2.45, 2.75) is 25.2 Å². The number of sulfonamides is 2. The molecule has 2 aromatic carbocycles. The Morgan fingerprint density at radius 3 is 2.17 bits per heavy atom. The second-order valence-electron chi connectivity index (χ2n) is 6.31. The lowest BCUT2D eigenvalue weighted by molar-refractivity contribution is 0.0600. The van der Waals surface area contributed by atoms with Crippen LogP contribution in [0.2, 0.25) is 0 Å². The van der Waals surface area contributed by atoms with Crippen LogP contribution in [-0.2, 0) is 24.8 Å². The first-order valence-electron chi connectivity index (χ1n) is 8.61. The molecule has 0 bridgehead atoms. The summed E-state index contributed by atoms with van der Waals surface area (Å²) in [5.74, 6) is -3.54. The van der Waals surface area contributed by atoms with Gasteiger partial charge in [0.15, 0.2) is 0 Å². The fourth-order valence-corrected chi connectivity index (χ4v) is 4.99. The zero-order chi connectivity index (χ0) is 22.7. The van der Waals surface area contributed by atoms with Crippen molar-refractivity contribution in [1.82, 2.24) is 0 Å². The number of hydrogen-bond acceptors (Lipinski definition) is 6. The van der Waals surface area contributed by atoms with Crippen molar-refractivity contribution >= 4 is 37.4 Å². The molecule has 2 rings (SSSR count). The van der Waals surface area contributed by atoms with Crippen LogP contribution >= 0.6 is 0 Å². The molecule has 0 saturated heterocycles. The minimum absolute atomic E-state index is 0.0453. The third-order valence-electron chi connectivity index (χ3n) is 3.94. The van der Waals surface area contributed by atoms with E-state index in [1.807, 2.05) is 9.44 Å². The van der Waals surface area contributed by atoms with Crippen LogP contribution in [0.5, 0.6) is 0 Å². The predicted octanol–water partition coefficient (Wildman–Crippen LogP) is 3.01. The molecule has 8 nitrogen and oxygen atoms in total. The number of carbonyl (C=O) groups excluding carboxylic acids is 1. The third kappa shape index (κ3) is 5.45. The van der Waals surface area contributed by atoms with Gasteiger partial charge in [0.2, 0.25) is 10.0 Å². The highest BCUT2D eigenvalue weighted by Gasteiger charge is 2.23. The monoisotopic (exact) mass is 462 g/mol. The summed E-state index contributed by atoms with van der Waals surface area (Å²) in [6, 6.07) is 4.84. The van der Waals surface area contributed by atoms with E-state index in [1.165, 1.54) is 19.1 Å². The lowest BCUT2D eigenvalue weighted by Crippen LogP contribution is -2.19. The lowest BCUT2D eigenvalue weighted by Gasteiger charge is -2.14. The van der Waals surface area contributed by atoms with E-state index < -0.39 is 49.0 Å². The minimum Gasteiger partial charge on any atom is -0.465 e. The summed E-state index contributed by atoms with van der Waals surface area (Å²) in [5, 5.41) is 0. The maximum absolute atomic E-state index is 14.2. The first-order valence-corrected chi connectivity index (χ1v) is 11.7. The van der Waals surface area contributed by atoms with E-state index in [4.69, 9.17) is 0 Å². The first-order chi connectivity index (χ1) is 13.9. The van der Waals surface area contributed by atoms with Crippen LogP contribution in [0.3, 0.4) is 0 Å². The van der Waals surface area contributed by atoms with E-state index in [1.54, 1.807) is 6.92 Å². The normalized spacial score (nSPS) is 11.8. The molecular formula is C18H20F2N2O6S2. The van der Waals surface area contributed by atoms with Crippen molar-refractivity contribution in [3.63, 3.8) is 0 Å². The Kier molecular flexibility index (Phi) is 7.03. The summed E-state index contributed by atoms with van der Waals surface area (Å²) in [6.45, 7) is 3.06. The molecule has 0 atom stereocenters. The summed E-state index contributed by atoms with van der Waals surface area (Å²) in [5.41, 5.74) is -1.08. The number of benzene rings is 2. The number of rotatable bonds is 8. The van der Waals surface area contributed by atoms with Crippen molar-refractivity contribution in [2.75, 3.05) is 22.3 Å².